The van der Waals surface area contributed by atoms with Crippen molar-refractivity contribution >= 4 is 34.8 Å². The van der Waals surface area contributed by atoms with E-state index in [-0.39, 0.29) is 11.2 Å². The summed E-state index contributed by atoms with van der Waals surface area (Å²) < 4.78 is 6.76. The molecule has 0 aliphatic rings. The molecule has 0 radical (unpaired) electrons. The molecule has 0 bridgehead atoms. The Hall–Kier alpha value is -2.50. The van der Waals surface area contributed by atoms with E-state index in [4.69, 9.17) is 27.9 Å². The number of para-hydroxylation sites is 1. The summed E-state index contributed by atoms with van der Waals surface area (Å²) in [7, 11) is 3.32. The van der Waals surface area contributed by atoms with E-state index in [9.17, 15) is 4.79 Å². The number of ether oxygens (including phenoxy) is 1. The maximum Gasteiger partial charge on any atom is 0.276 e. The molecule has 1 amide bonds. The third-order valence-corrected chi connectivity index (χ3v) is 5.01. The van der Waals surface area contributed by atoms with Gasteiger partial charge in [-0.05, 0) is 47.9 Å². The topological polar surface area (TPSA) is 47.4 Å². The highest BCUT2D eigenvalue weighted by atomic mass is 35.5. The molecule has 0 unspecified atom stereocenters. The SMILES string of the molecule is COc1ccc(CN(C(=O)c2cnc(Cl)n2C)c2c(C)cccc2Cl)cc1. The minimum absolute atomic E-state index is 0.232. The molecule has 0 aliphatic heterocycles. The van der Waals surface area contributed by atoms with E-state index in [1.807, 2.05) is 43.3 Å². The summed E-state index contributed by atoms with van der Waals surface area (Å²) in [6.07, 6.45) is 1.47. The van der Waals surface area contributed by atoms with Gasteiger partial charge in [0.25, 0.3) is 5.91 Å². The van der Waals surface area contributed by atoms with Crippen LogP contribution >= 0.6 is 23.2 Å². The molecule has 2 aromatic carbocycles. The summed E-state index contributed by atoms with van der Waals surface area (Å²) in [4.78, 5) is 19.0. The number of imidazole rings is 1. The monoisotopic (exact) mass is 403 g/mol. The molecule has 1 aromatic heterocycles. The molecule has 0 aliphatic carbocycles. The zero-order valence-corrected chi connectivity index (χ0v) is 16.8. The van der Waals surface area contributed by atoms with Gasteiger partial charge in [-0.2, -0.15) is 0 Å². The number of benzene rings is 2. The largest absolute Gasteiger partial charge is 0.497 e. The van der Waals surface area contributed by atoms with Gasteiger partial charge in [0.1, 0.15) is 11.4 Å². The van der Waals surface area contributed by atoms with Crippen LogP contribution < -0.4 is 9.64 Å². The van der Waals surface area contributed by atoms with Crippen molar-refractivity contribution < 1.29 is 9.53 Å². The molecule has 0 fully saturated rings. The molecule has 140 valence electrons. The molecule has 5 nitrogen and oxygen atoms in total. The molecule has 0 atom stereocenters. The number of carbonyl (C=O) groups is 1. The van der Waals surface area contributed by atoms with Gasteiger partial charge in [0.05, 0.1) is 30.6 Å². The van der Waals surface area contributed by atoms with Crippen LogP contribution in [0, 0.1) is 6.92 Å². The van der Waals surface area contributed by atoms with E-state index < -0.39 is 0 Å². The molecular weight excluding hydrogens is 385 g/mol. The van der Waals surface area contributed by atoms with Gasteiger partial charge in [0.2, 0.25) is 5.28 Å². The minimum Gasteiger partial charge on any atom is -0.497 e. The Morgan fingerprint density at radius 1 is 1.19 bits per heavy atom. The van der Waals surface area contributed by atoms with Gasteiger partial charge in [0.15, 0.2) is 0 Å². The standard InChI is InChI=1S/C20H19Cl2N3O2/c1-13-5-4-6-16(21)18(13)25(12-14-7-9-15(27-3)10-8-14)19(26)17-11-23-20(22)24(17)2/h4-11H,12H2,1-3H3. The van der Waals surface area contributed by atoms with Crippen molar-refractivity contribution in [2.45, 2.75) is 13.5 Å². The van der Waals surface area contributed by atoms with E-state index in [0.717, 1.165) is 16.9 Å². The quantitative estimate of drug-likeness (QED) is 0.608. The molecule has 0 spiro atoms. The van der Waals surface area contributed by atoms with Crippen LogP contribution in [0.25, 0.3) is 0 Å². The van der Waals surface area contributed by atoms with E-state index >= 15 is 0 Å². The number of hydrogen-bond acceptors (Lipinski definition) is 3. The van der Waals surface area contributed by atoms with Gasteiger partial charge in [-0.25, -0.2) is 4.98 Å². The Morgan fingerprint density at radius 2 is 1.89 bits per heavy atom. The van der Waals surface area contributed by atoms with Crippen molar-refractivity contribution in [3.05, 3.63) is 75.8 Å². The van der Waals surface area contributed by atoms with Gasteiger partial charge < -0.3 is 14.2 Å². The fourth-order valence-corrected chi connectivity index (χ4v) is 3.32. The average molecular weight is 404 g/mol. The van der Waals surface area contributed by atoms with Gasteiger partial charge in [-0.15, -0.1) is 0 Å². The molecule has 3 rings (SSSR count). The summed E-state index contributed by atoms with van der Waals surface area (Å²) >= 11 is 12.5. The summed E-state index contributed by atoms with van der Waals surface area (Å²) in [5, 5.41) is 0.753. The van der Waals surface area contributed by atoms with Crippen LogP contribution in [0.1, 0.15) is 21.6 Å². The van der Waals surface area contributed by atoms with Crippen LogP contribution in [-0.2, 0) is 13.6 Å². The zero-order valence-electron chi connectivity index (χ0n) is 15.2. The molecule has 3 aromatic rings. The van der Waals surface area contributed by atoms with Gasteiger partial charge in [0, 0.05) is 7.05 Å². The van der Waals surface area contributed by atoms with Crippen LogP contribution in [0.5, 0.6) is 5.75 Å². The van der Waals surface area contributed by atoms with Crippen molar-refractivity contribution in [2.75, 3.05) is 12.0 Å². The Balaban J connectivity index is 2.05. The van der Waals surface area contributed by atoms with Crippen LogP contribution in [-0.4, -0.2) is 22.6 Å². The number of hydrogen-bond donors (Lipinski definition) is 0. The number of carbonyl (C=O) groups excluding carboxylic acids is 1. The lowest BCUT2D eigenvalue weighted by atomic mass is 10.1. The first-order valence-corrected chi connectivity index (χ1v) is 9.05. The Bertz CT molecular complexity index is 948. The van der Waals surface area contributed by atoms with Gasteiger partial charge >= 0.3 is 0 Å². The van der Waals surface area contributed by atoms with E-state index in [1.165, 1.54) is 6.20 Å². The molecule has 0 N–H and O–H groups in total. The number of aromatic nitrogens is 2. The second kappa shape index (κ2) is 8.03. The maximum atomic E-state index is 13.3. The third-order valence-electron chi connectivity index (χ3n) is 4.35. The van der Waals surface area contributed by atoms with Crippen LogP contribution in [0.15, 0.2) is 48.7 Å². The Labute approximate surface area is 168 Å². The molecule has 0 saturated carbocycles. The van der Waals surface area contributed by atoms with E-state index in [1.54, 1.807) is 29.7 Å². The van der Waals surface area contributed by atoms with Crippen LogP contribution in [0.3, 0.4) is 0 Å². The van der Waals surface area contributed by atoms with Crippen LogP contribution in [0.2, 0.25) is 10.3 Å². The molecule has 0 saturated heterocycles. The predicted octanol–water partition coefficient (Wildman–Crippen LogP) is 4.89. The van der Waals surface area contributed by atoms with Crippen molar-refractivity contribution in [1.29, 1.82) is 0 Å². The lowest BCUT2D eigenvalue weighted by Gasteiger charge is -2.26. The number of amides is 1. The number of rotatable bonds is 5. The summed E-state index contributed by atoms with van der Waals surface area (Å²) in [6.45, 7) is 2.27. The van der Waals surface area contributed by atoms with Crippen molar-refractivity contribution in [3.8, 4) is 5.75 Å². The second-order valence-corrected chi connectivity index (χ2v) is 6.86. The van der Waals surface area contributed by atoms with Crippen LogP contribution in [0.4, 0.5) is 5.69 Å². The fraction of sp³-hybridized carbons (Fsp3) is 0.200. The highest BCUT2D eigenvalue weighted by Gasteiger charge is 2.25. The first kappa shape index (κ1) is 19.3. The summed E-state index contributed by atoms with van der Waals surface area (Å²) in [5.41, 5.74) is 2.89. The fourth-order valence-electron chi connectivity index (χ4n) is 2.85. The summed E-state index contributed by atoms with van der Waals surface area (Å²) in [6, 6.07) is 13.1. The average Bonchev–Trinajstić information content (AvgIpc) is 2.99. The maximum absolute atomic E-state index is 13.3. The minimum atomic E-state index is -0.232. The summed E-state index contributed by atoms with van der Waals surface area (Å²) in [5.74, 6) is 0.521. The number of anilines is 1. The smallest absolute Gasteiger partial charge is 0.276 e. The van der Waals surface area contributed by atoms with E-state index in [2.05, 4.69) is 4.98 Å². The number of aryl methyl sites for hydroxylation is 1. The molecule has 7 heteroatoms. The first-order chi connectivity index (χ1) is 12.9. The number of methoxy groups -OCH3 is 1. The lowest BCUT2D eigenvalue weighted by Crippen LogP contribution is -2.32. The van der Waals surface area contributed by atoms with E-state index in [0.29, 0.717) is 22.9 Å². The zero-order chi connectivity index (χ0) is 19.6. The predicted molar refractivity (Wildman–Crippen MR) is 108 cm³/mol. The van der Waals surface area contributed by atoms with Gasteiger partial charge in [-0.3, -0.25) is 4.79 Å². The second-order valence-electron chi connectivity index (χ2n) is 6.12. The van der Waals surface area contributed by atoms with Crippen molar-refractivity contribution in [1.82, 2.24) is 9.55 Å². The highest BCUT2D eigenvalue weighted by molar-refractivity contribution is 6.34. The third kappa shape index (κ3) is 3.94. The van der Waals surface area contributed by atoms with Crippen molar-refractivity contribution in [2.24, 2.45) is 7.05 Å². The number of nitrogens with zero attached hydrogens (tertiary/aromatic N) is 3. The van der Waals surface area contributed by atoms with Crippen molar-refractivity contribution in [3.63, 3.8) is 0 Å². The first-order valence-electron chi connectivity index (χ1n) is 8.29. The Kier molecular flexibility index (Phi) is 5.73. The van der Waals surface area contributed by atoms with Gasteiger partial charge in [-0.1, -0.05) is 35.9 Å². The normalized spacial score (nSPS) is 10.7. The number of halogens is 2. The molecule has 27 heavy (non-hydrogen) atoms. The molecule has 1 heterocycles. The highest BCUT2D eigenvalue weighted by Crippen LogP contribution is 2.32. The molecular formula is C20H19Cl2N3O2. The Morgan fingerprint density at radius 3 is 2.44 bits per heavy atom. The lowest BCUT2D eigenvalue weighted by molar-refractivity contribution is 0.0977.